The fraction of sp³-hybridized carbons (Fsp3) is 0.227. The van der Waals surface area contributed by atoms with Crippen molar-refractivity contribution in [3.8, 4) is 11.3 Å². The molecule has 3 aromatic rings. The molecule has 154 valence electrons. The van der Waals surface area contributed by atoms with Crippen molar-refractivity contribution < 1.29 is 13.6 Å². The highest BCUT2D eigenvalue weighted by molar-refractivity contribution is 5.76. The molecule has 1 aliphatic heterocycles. The van der Waals surface area contributed by atoms with Gasteiger partial charge in [-0.3, -0.25) is 14.2 Å². The Morgan fingerprint density at radius 2 is 1.67 bits per heavy atom. The molecule has 30 heavy (non-hydrogen) atoms. The number of para-hydroxylation sites is 1. The maximum Gasteiger partial charge on any atom is 0.254 e. The summed E-state index contributed by atoms with van der Waals surface area (Å²) in [6, 6.07) is 13.6. The first kappa shape index (κ1) is 19.8. The molecule has 0 aliphatic carbocycles. The van der Waals surface area contributed by atoms with E-state index in [2.05, 4.69) is 4.98 Å². The number of benzene rings is 2. The summed E-state index contributed by atoms with van der Waals surface area (Å²) in [5, 5.41) is 0. The van der Waals surface area contributed by atoms with Crippen LogP contribution in [0.3, 0.4) is 0 Å². The number of carbonyl (C=O) groups excluding carboxylic acids is 1. The topological polar surface area (TPSA) is 58.4 Å². The van der Waals surface area contributed by atoms with E-state index in [0.717, 1.165) is 0 Å². The quantitative estimate of drug-likeness (QED) is 0.663. The lowest BCUT2D eigenvalue weighted by molar-refractivity contribution is -0.132. The molecule has 1 fully saturated rings. The second kappa shape index (κ2) is 8.44. The van der Waals surface area contributed by atoms with E-state index < -0.39 is 0 Å². The fourth-order valence-corrected chi connectivity index (χ4v) is 3.47. The Balaban J connectivity index is 1.39. The van der Waals surface area contributed by atoms with E-state index in [1.54, 1.807) is 35.2 Å². The number of amides is 1. The van der Waals surface area contributed by atoms with E-state index in [1.165, 1.54) is 35.2 Å². The van der Waals surface area contributed by atoms with Crippen LogP contribution in [0, 0.1) is 11.6 Å². The average molecular weight is 410 g/mol. The lowest BCUT2D eigenvalue weighted by Crippen LogP contribution is -2.50. The summed E-state index contributed by atoms with van der Waals surface area (Å²) in [5.74, 6) is -0.842. The summed E-state index contributed by atoms with van der Waals surface area (Å²) < 4.78 is 28.3. The normalized spacial score (nSPS) is 14.1. The molecule has 0 saturated carbocycles. The molecule has 0 unspecified atom stereocenters. The third-order valence-electron chi connectivity index (χ3n) is 5.15. The molecule has 1 saturated heterocycles. The molecule has 6 nitrogen and oxygen atoms in total. The van der Waals surface area contributed by atoms with Crippen LogP contribution in [-0.4, -0.2) is 46.5 Å². The van der Waals surface area contributed by atoms with Gasteiger partial charge in [0.05, 0.1) is 17.7 Å². The predicted molar refractivity (Wildman–Crippen MR) is 109 cm³/mol. The van der Waals surface area contributed by atoms with Gasteiger partial charge in [-0.25, -0.2) is 13.8 Å². The summed E-state index contributed by atoms with van der Waals surface area (Å²) in [7, 11) is 0. The Kier molecular flexibility index (Phi) is 5.56. The number of piperazine rings is 1. The summed E-state index contributed by atoms with van der Waals surface area (Å²) >= 11 is 0. The van der Waals surface area contributed by atoms with Gasteiger partial charge in [0.25, 0.3) is 5.56 Å². The molecule has 2 aromatic carbocycles. The molecule has 4 rings (SSSR count). The Morgan fingerprint density at radius 1 is 0.967 bits per heavy atom. The van der Waals surface area contributed by atoms with Gasteiger partial charge in [0.2, 0.25) is 5.91 Å². The van der Waals surface area contributed by atoms with Crippen LogP contribution >= 0.6 is 0 Å². The maximum atomic E-state index is 14.0. The largest absolute Gasteiger partial charge is 0.366 e. The number of rotatable bonds is 4. The predicted octanol–water partition coefficient (Wildman–Crippen LogP) is 2.54. The summed E-state index contributed by atoms with van der Waals surface area (Å²) in [5.41, 5.74) is 1.21. The van der Waals surface area contributed by atoms with Gasteiger partial charge >= 0.3 is 0 Å². The molecular formula is C22H20F2N4O2. The van der Waals surface area contributed by atoms with Crippen LogP contribution in [0.15, 0.2) is 65.7 Å². The summed E-state index contributed by atoms with van der Waals surface area (Å²) in [6.07, 6.45) is 1.33. The van der Waals surface area contributed by atoms with E-state index in [4.69, 9.17) is 0 Å². The van der Waals surface area contributed by atoms with Crippen molar-refractivity contribution in [2.45, 2.75) is 6.54 Å². The van der Waals surface area contributed by atoms with Crippen molar-refractivity contribution in [2.75, 3.05) is 31.1 Å². The van der Waals surface area contributed by atoms with Crippen molar-refractivity contribution in [2.24, 2.45) is 0 Å². The van der Waals surface area contributed by atoms with Gasteiger partial charge in [-0.2, -0.15) is 0 Å². The van der Waals surface area contributed by atoms with E-state index in [-0.39, 0.29) is 29.6 Å². The van der Waals surface area contributed by atoms with Crippen LogP contribution in [0.5, 0.6) is 0 Å². The third kappa shape index (κ3) is 4.22. The number of hydrogen-bond donors (Lipinski definition) is 0. The third-order valence-corrected chi connectivity index (χ3v) is 5.15. The van der Waals surface area contributed by atoms with E-state index in [9.17, 15) is 18.4 Å². The number of hydrogen-bond acceptors (Lipinski definition) is 4. The van der Waals surface area contributed by atoms with E-state index in [1.807, 2.05) is 4.90 Å². The minimum atomic E-state index is -0.368. The minimum Gasteiger partial charge on any atom is -0.366 e. The number of anilines is 1. The van der Waals surface area contributed by atoms with Gasteiger partial charge in [0, 0.05) is 37.8 Å². The summed E-state index contributed by atoms with van der Waals surface area (Å²) in [4.78, 5) is 32.8. The Hall–Kier alpha value is -3.55. The molecule has 0 N–H and O–H groups in total. The standard InChI is InChI=1S/C22H20F2N4O2/c23-17-7-5-16(6-8-17)19-13-21(29)28(15-25-19)14-22(30)27-11-9-26(10-12-27)20-4-2-1-3-18(20)24/h1-8,13,15H,9-12,14H2. The van der Waals surface area contributed by atoms with Crippen LogP contribution in [-0.2, 0) is 11.3 Å². The first-order valence-electron chi connectivity index (χ1n) is 9.61. The Labute approximate surface area is 172 Å². The lowest BCUT2D eigenvalue weighted by atomic mass is 10.1. The van der Waals surface area contributed by atoms with Gasteiger partial charge in [-0.05, 0) is 36.4 Å². The average Bonchev–Trinajstić information content (AvgIpc) is 2.76. The van der Waals surface area contributed by atoms with Gasteiger partial charge in [0.1, 0.15) is 18.2 Å². The smallest absolute Gasteiger partial charge is 0.254 e. The zero-order valence-electron chi connectivity index (χ0n) is 16.2. The van der Waals surface area contributed by atoms with Crippen molar-refractivity contribution in [3.05, 3.63) is 82.9 Å². The Morgan fingerprint density at radius 3 is 2.33 bits per heavy atom. The second-order valence-electron chi connectivity index (χ2n) is 7.07. The molecule has 0 atom stereocenters. The van der Waals surface area contributed by atoms with Crippen LogP contribution in [0.2, 0.25) is 0 Å². The molecule has 0 spiro atoms. The number of carbonyl (C=O) groups is 1. The van der Waals surface area contributed by atoms with Gasteiger partial charge < -0.3 is 9.80 Å². The fourth-order valence-electron chi connectivity index (χ4n) is 3.47. The highest BCUT2D eigenvalue weighted by atomic mass is 19.1. The molecule has 1 amide bonds. The molecule has 0 radical (unpaired) electrons. The second-order valence-corrected chi connectivity index (χ2v) is 7.07. The first-order valence-corrected chi connectivity index (χ1v) is 9.61. The molecule has 1 aliphatic rings. The summed E-state index contributed by atoms with van der Waals surface area (Å²) in [6.45, 7) is 1.81. The van der Waals surface area contributed by atoms with Crippen LogP contribution in [0.4, 0.5) is 14.5 Å². The zero-order valence-corrected chi connectivity index (χ0v) is 16.2. The number of halogens is 2. The molecule has 0 bridgehead atoms. The SMILES string of the molecule is O=C(Cn1cnc(-c2ccc(F)cc2)cc1=O)N1CCN(c2ccccc2F)CC1. The highest BCUT2D eigenvalue weighted by Gasteiger charge is 2.23. The van der Waals surface area contributed by atoms with Crippen molar-refractivity contribution in [3.63, 3.8) is 0 Å². The van der Waals surface area contributed by atoms with Crippen LogP contribution < -0.4 is 10.5 Å². The zero-order chi connectivity index (χ0) is 21.1. The molecule has 1 aromatic heterocycles. The van der Waals surface area contributed by atoms with Crippen molar-refractivity contribution in [1.29, 1.82) is 0 Å². The monoisotopic (exact) mass is 410 g/mol. The van der Waals surface area contributed by atoms with Gasteiger partial charge in [-0.1, -0.05) is 12.1 Å². The number of nitrogens with zero attached hydrogens (tertiary/aromatic N) is 4. The maximum absolute atomic E-state index is 14.0. The lowest BCUT2D eigenvalue weighted by Gasteiger charge is -2.36. The number of aromatic nitrogens is 2. The van der Waals surface area contributed by atoms with E-state index in [0.29, 0.717) is 43.1 Å². The minimum absolute atomic E-state index is 0.116. The van der Waals surface area contributed by atoms with Gasteiger partial charge in [-0.15, -0.1) is 0 Å². The van der Waals surface area contributed by atoms with Crippen LogP contribution in [0.1, 0.15) is 0 Å². The highest BCUT2D eigenvalue weighted by Crippen LogP contribution is 2.20. The van der Waals surface area contributed by atoms with Crippen molar-refractivity contribution in [1.82, 2.24) is 14.5 Å². The molecular weight excluding hydrogens is 390 g/mol. The van der Waals surface area contributed by atoms with Gasteiger partial charge in [0.15, 0.2) is 0 Å². The molecule has 8 heteroatoms. The molecule has 2 heterocycles. The van der Waals surface area contributed by atoms with Crippen LogP contribution in [0.25, 0.3) is 11.3 Å². The first-order chi connectivity index (χ1) is 14.5. The van der Waals surface area contributed by atoms with Crippen molar-refractivity contribution >= 4 is 11.6 Å². The van der Waals surface area contributed by atoms with E-state index >= 15 is 0 Å². The Bertz CT molecular complexity index is 1110.